The van der Waals surface area contributed by atoms with Crippen LogP contribution < -0.4 is 5.06 Å². The zero-order valence-electron chi connectivity index (χ0n) is 4.48. The molecule has 0 radical (unpaired) electrons. The van der Waals surface area contributed by atoms with E-state index in [9.17, 15) is 9.60 Å². The second-order valence-corrected chi connectivity index (χ2v) is 3.28. The van der Waals surface area contributed by atoms with Gasteiger partial charge in [0.25, 0.3) is 0 Å². The lowest BCUT2D eigenvalue weighted by Gasteiger charge is -2.15. The van der Waals surface area contributed by atoms with Gasteiger partial charge in [-0.3, -0.25) is 0 Å². The first-order chi connectivity index (χ1) is 3.60. The van der Waals surface area contributed by atoms with Gasteiger partial charge >= 0.3 is 0 Å². The van der Waals surface area contributed by atoms with Crippen molar-refractivity contribution in [3.63, 3.8) is 0 Å². The van der Waals surface area contributed by atoms with Crippen molar-refractivity contribution in [2.75, 3.05) is 13.1 Å². The Morgan fingerprint density at radius 3 is 2.50 bits per heavy atom. The van der Waals surface area contributed by atoms with Gasteiger partial charge in [0.1, 0.15) is 6.54 Å². The molecule has 3 atom stereocenters. The van der Waals surface area contributed by atoms with Gasteiger partial charge in [-0.05, 0) is 0 Å². The van der Waals surface area contributed by atoms with Crippen molar-refractivity contribution in [3.05, 3.63) is 5.21 Å². The molecule has 1 heterocycles. The van der Waals surface area contributed by atoms with Crippen LogP contribution in [0.4, 0.5) is 4.39 Å². The molecule has 0 aliphatic carbocycles. The molecule has 48 valence electrons. The average Bonchev–Trinajstić information content (AvgIpc) is 1.82. The van der Waals surface area contributed by atoms with E-state index in [0.29, 0.717) is 13.0 Å². The van der Waals surface area contributed by atoms with Crippen molar-refractivity contribution in [2.24, 2.45) is 0 Å². The number of halogens is 1. The number of alkyl halides is 1. The molecule has 0 aromatic heterocycles. The van der Waals surface area contributed by atoms with Crippen molar-refractivity contribution in [1.82, 2.24) is 0 Å². The van der Waals surface area contributed by atoms with Crippen molar-refractivity contribution in [1.29, 1.82) is 0 Å². The van der Waals surface area contributed by atoms with Crippen molar-refractivity contribution >= 4 is 9.24 Å². The van der Waals surface area contributed by atoms with Crippen LogP contribution in [0.2, 0.25) is 0 Å². The highest BCUT2D eigenvalue weighted by molar-refractivity contribution is 7.18. The Morgan fingerprint density at radius 2 is 2.38 bits per heavy atom. The van der Waals surface area contributed by atoms with Crippen molar-refractivity contribution in [3.8, 4) is 0 Å². The van der Waals surface area contributed by atoms with Crippen LogP contribution in [0.3, 0.4) is 0 Å². The van der Waals surface area contributed by atoms with E-state index in [4.69, 9.17) is 0 Å². The van der Waals surface area contributed by atoms with Gasteiger partial charge in [0, 0.05) is 6.42 Å². The highest BCUT2D eigenvalue weighted by Crippen LogP contribution is 2.24. The van der Waals surface area contributed by atoms with E-state index in [1.165, 1.54) is 0 Å². The molecular weight excluding hydrogens is 128 g/mol. The van der Waals surface area contributed by atoms with E-state index in [-0.39, 0.29) is 11.6 Å². The van der Waals surface area contributed by atoms with Gasteiger partial charge in [-0.25, -0.2) is 4.39 Å². The second kappa shape index (κ2) is 1.90. The van der Waals surface area contributed by atoms with Crippen LogP contribution in [0.1, 0.15) is 6.42 Å². The van der Waals surface area contributed by atoms with Crippen LogP contribution in [-0.2, 0) is 0 Å². The molecule has 8 heavy (non-hydrogen) atoms. The fourth-order valence-electron chi connectivity index (χ4n) is 0.852. The summed E-state index contributed by atoms with van der Waals surface area (Å²) in [5.74, 6) is 0. The van der Waals surface area contributed by atoms with Crippen LogP contribution in [0.25, 0.3) is 0 Å². The Labute approximate surface area is 49.8 Å². The summed E-state index contributed by atoms with van der Waals surface area (Å²) in [6.07, 6.45) is 0.385. The molecule has 1 saturated heterocycles. The zero-order valence-corrected chi connectivity index (χ0v) is 5.64. The Morgan fingerprint density at radius 1 is 1.75 bits per heavy atom. The Balaban J connectivity index is 2.44. The fourth-order valence-corrected chi connectivity index (χ4v) is 1.22. The minimum absolute atomic E-state index is 0.0440. The molecular formula is C4H9FNOP. The summed E-state index contributed by atoms with van der Waals surface area (Å²) in [6.45, 7) is 0.512. The van der Waals surface area contributed by atoms with Crippen molar-refractivity contribution < 1.29 is 9.45 Å². The molecule has 4 heteroatoms. The van der Waals surface area contributed by atoms with Gasteiger partial charge in [-0.1, -0.05) is 9.24 Å². The second-order valence-electron chi connectivity index (χ2n) is 2.25. The minimum Gasteiger partial charge on any atom is -0.634 e. The Kier molecular flexibility index (Phi) is 1.52. The first-order valence-electron chi connectivity index (χ1n) is 2.60. The number of rotatable bonds is 0. The van der Waals surface area contributed by atoms with E-state index in [2.05, 4.69) is 9.24 Å². The standard InChI is InChI=1S/C4H9FNOP/c5-4(8)1-2-6(7)3-4/h6H,1-3,8H2. The van der Waals surface area contributed by atoms with Crippen LogP contribution in [0.15, 0.2) is 0 Å². The van der Waals surface area contributed by atoms with Crippen LogP contribution in [0, 0.1) is 5.21 Å². The third-order valence-electron chi connectivity index (χ3n) is 1.31. The van der Waals surface area contributed by atoms with E-state index in [1.807, 2.05) is 0 Å². The summed E-state index contributed by atoms with van der Waals surface area (Å²) in [7, 11) is 2.07. The molecule has 2 nitrogen and oxygen atoms in total. The van der Waals surface area contributed by atoms with Gasteiger partial charge in [-0.2, -0.15) is 0 Å². The number of hydrogen-bond acceptors (Lipinski definition) is 1. The summed E-state index contributed by atoms with van der Waals surface area (Å²) < 4.78 is 12.6. The number of nitrogens with one attached hydrogen (secondary N) is 1. The summed E-state index contributed by atoms with van der Waals surface area (Å²) in [4.78, 5) is 0. The third kappa shape index (κ3) is 1.38. The molecule has 0 spiro atoms. The molecule has 0 saturated carbocycles. The number of quaternary nitrogens is 1. The average molecular weight is 137 g/mol. The fraction of sp³-hybridized carbons (Fsp3) is 1.00. The lowest BCUT2D eigenvalue weighted by atomic mass is 10.3. The van der Waals surface area contributed by atoms with Gasteiger partial charge < -0.3 is 10.3 Å². The number of hydroxylamine groups is 2. The molecule has 1 aliphatic rings. The predicted molar refractivity (Wildman–Crippen MR) is 32.2 cm³/mol. The smallest absolute Gasteiger partial charge is 0.177 e. The van der Waals surface area contributed by atoms with Gasteiger partial charge in [0.15, 0.2) is 5.41 Å². The predicted octanol–water partition coefficient (Wildman–Crippen LogP) is -0.686. The molecule has 1 fully saturated rings. The van der Waals surface area contributed by atoms with Crippen molar-refractivity contribution in [2.45, 2.75) is 11.8 Å². The normalized spacial score (nSPS) is 47.6. The molecule has 0 bridgehead atoms. The maximum absolute atomic E-state index is 12.6. The third-order valence-corrected chi connectivity index (χ3v) is 1.80. The van der Waals surface area contributed by atoms with Gasteiger partial charge in [0.2, 0.25) is 0 Å². The maximum Gasteiger partial charge on any atom is 0.177 e. The van der Waals surface area contributed by atoms with Crippen LogP contribution in [0.5, 0.6) is 0 Å². The summed E-state index contributed by atoms with van der Waals surface area (Å²) in [6, 6.07) is 0. The van der Waals surface area contributed by atoms with E-state index in [1.54, 1.807) is 0 Å². The molecule has 0 aromatic carbocycles. The Bertz CT molecular complexity index is 98.0. The Hall–Kier alpha value is 0.280. The van der Waals surface area contributed by atoms with E-state index >= 15 is 0 Å². The summed E-state index contributed by atoms with van der Waals surface area (Å²) in [5, 5.41) is 9.18. The van der Waals surface area contributed by atoms with Crippen LogP contribution >= 0.6 is 9.24 Å². The molecule has 1 rings (SSSR count). The lowest BCUT2D eigenvalue weighted by Crippen LogP contribution is -3.05. The van der Waals surface area contributed by atoms with Crippen LogP contribution in [-0.4, -0.2) is 18.5 Å². The highest BCUT2D eigenvalue weighted by Gasteiger charge is 2.33. The molecule has 0 aromatic rings. The molecule has 1 aliphatic heterocycles. The SMILES string of the molecule is [O-][NH+]1CCC(F)(P)C1. The quantitative estimate of drug-likeness (QED) is 0.347. The zero-order chi connectivity index (χ0) is 6.20. The largest absolute Gasteiger partial charge is 0.634 e. The number of hydrogen-bond donors (Lipinski definition) is 1. The lowest BCUT2D eigenvalue weighted by molar-refractivity contribution is -0.835. The molecule has 3 unspecified atom stereocenters. The molecule has 1 N–H and O–H groups in total. The summed E-state index contributed by atoms with van der Waals surface area (Å²) >= 11 is 0. The highest BCUT2D eigenvalue weighted by atomic mass is 31.0. The molecule has 0 amide bonds. The minimum atomic E-state index is -1.27. The topological polar surface area (TPSA) is 27.5 Å². The van der Waals surface area contributed by atoms with E-state index < -0.39 is 5.41 Å². The monoisotopic (exact) mass is 137 g/mol. The first kappa shape index (κ1) is 6.40. The van der Waals surface area contributed by atoms with Gasteiger partial charge in [0.05, 0.1) is 6.54 Å². The van der Waals surface area contributed by atoms with E-state index in [0.717, 1.165) is 0 Å². The first-order valence-corrected chi connectivity index (χ1v) is 3.17. The summed E-state index contributed by atoms with van der Waals surface area (Å²) in [5.41, 5.74) is 0. The maximum atomic E-state index is 12.6. The van der Waals surface area contributed by atoms with Gasteiger partial charge in [-0.15, -0.1) is 0 Å².